The monoisotopic (exact) mass is 402 g/mol. The Morgan fingerprint density at radius 3 is 2.45 bits per heavy atom. The van der Waals surface area contributed by atoms with Gasteiger partial charge in [-0.3, -0.25) is 20.4 Å². The van der Waals surface area contributed by atoms with Gasteiger partial charge in [0.1, 0.15) is 11.4 Å². The molecule has 1 aromatic carbocycles. The molecule has 4 N–H and O–H groups in total. The molecule has 2 amide bonds. The number of rotatable bonds is 7. The minimum Gasteiger partial charge on any atom is -0.495 e. The van der Waals surface area contributed by atoms with Gasteiger partial charge in [-0.1, -0.05) is 12.1 Å². The summed E-state index contributed by atoms with van der Waals surface area (Å²) in [6.45, 7) is 6.74. The van der Waals surface area contributed by atoms with Crippen LogP contribution in [-0.4, -0.2) is 42.5 Å². The number of esters is 1. The minimum absolute atomic E-state index is 0.0741. The van der Waals surface area contributed by atoms with Gasteiger partial charge in [0.2, 0.25) is 0 Å². The zero-order valence-electron chi connectivity index (χ0n) is 17.1. The maximum absolute atomic E-state index is 12.4. The van der Waals surface area contributed by atoms with Gasteiger partial charge in [-0.15, -0.1) is 0 Å². The number of hydrogen-bond donors (Lipinski definition) is 4. The van der Waals surface area contributed by atoms with Crippen LogP contribution in [0.3, 0.4) is 0 Å². The van der Waals surface area contributed by atoms with E-state index in [1.165, 1.54) is 7.11 Å². The second-order valence-corrected chi connectivity index (χ2v) is 6.64. The molecule has 0 bridgehead atoms. The lowest BCUT2D eigenvalue weighted by Crippen LogP contribution is -2.44. The lowest BCUT2D eigenvalue weighted by Gasteiger charge is -2.11. The Balaban J connectivity index is 1.95. The van der Waals surface area contributed by atoms with Crippen molar-refractivity contribution in [1.29, 1.82) is 0 Å². The number of aromatic nitrogens is 1. The standard InChI is InChI=1S/C20H26N4O5/c1-11(2)29-20(27)17-12(3)18(22-13(17)4)19(26)24-23-16(25)10-21-14-8-6-7-9-15(14)28-5/h6-9,11,21-22H,10H2,1-5H3,(H,23,25)(H,24,26). The van der Waals surface area contributed by atoms with E-state index in [0.717, 1.165) is 0 Å². The number of H-pyrrole nitrogens is 1. The summed E-state index contributed by atoms with van der Waals surface area (Å²) in [6.07, 6.45) is -0.275. The molecule has 9 nitrogen and oxygen atoms in total. The van der Waals surface area contributed by atoms with Gasteiger partial charge in [-0.2, -0.15) is 0 Å². The van der Waals surface area contributed by atoms with E-state index in [9.17, 15) is 14.4 Å². The number of hydrogen-bond acceptors (Lipinski definition) is 6. The Hall–Kier alpha value is -3.49. The van der Waals surface area contributed by atoms with Crippen molar-refractivity contribution in [3.8, 4) is 5.75 Å². The van der Waals surface area contributed by atoms with Gasteiger partial charge < -0.3 is 19.8 Å². The van der Waals surface area contributed by atoms with Crippen LogP contribution in [0.2, 0.25) is 0 Å². The molecule has 29 heavy (non-hydrogen) atoms. The van der Waals surface area contributed by atoms with Gasteiger partial charge in [0.05, 0.1) is 31.0 Å². The SMILES string of the molecule is COc1ccccc1NCC(=O)NNC(=O)c1[nH]c(C)c(C(=O)OC(C)C)c1C. The molecule has 2 aromatic rings. The van der Waals surface area contributed by atoms with Crippen molar-refractivity contribution in [2.75, 3.05) is 19.0 Å². The minimum atomic E-state index is -0.570. The topological polar surface area (TPSA) is 122 Å². The molecule has 0 saturated carbocycles. The van der Waals surface area contributed by atoms with Crippen LogP contribution in [0.15, 0.2) is 24.3 Å². The van der Waals surface area contributed by atoms with Crippen molar-refractivity contribution in [2.45, 2.75) is 33.8 Å². The van der Waals surface area contributed by atoms with E-state index in [1.54, 1.807) is 39.8 Å². The van der Waals surface area contributed by atoms with Crippen LogP contribution < -0.4 is 20.9 Å². The fourth-order valence-electron chi connectivity index (χ4n) is 2.76. The number of amides is 2. The molecule has 0 radical (unpaired) electrons. The van der Waals surface area contributed by atoms with Crippen molar-refractivity contribution < 1.29 is 23.9 Å². The van der Waals surface area contributed by atoms with Gasteiger partial charge in [-0.05, 0) is 45.4 Å². The van der Waals surface area contributed by atoms with Gasteiger partial charge >= 0.3 is 5.97 Å². The third-order valence-corrected chi connectivity index (χ3v) is 4.07. The summed E-state index contributed by atoms with van der Waals surface area (Å²) in [5.41, 5.74) is 6.77. The second kappa shape index (κ2) is 9.63. The summed E-state index contributed by atoms with van der Waals surface area (Å²) in [7, 11) is 1.53. The van der Waals surface area contributed by atoms with E-state index in [2.05, 4.69) is 21.2 Å². The third-order valence-electron chi connectivity index (χ3n) is 4.07. The molecule has 9 heteroatoms. The fraction of sp³-hybridized carbons (Fsp3) is 0.350. The van der Waals surface area contributed by atoms with Crippen LogP contribution in [0.1, 0.15) is 46.0 Å². The second-order valence-electron chi connectivity index (χ2n) is 6.64. The first-order valence-corrected chi connectivity index (χ1v) is 9.10. The van der Waals surface area contributed by atoms with Crippen LogP contribution in [-0.2, 0) is 9.53 Å². The first-order chi connectivity index (χ1) is 13.7. The van der Waals surface area contributed by atoms with Gasteiger partial charge in [-0.25, -0.2) is 4.79 Å². The average molecular weight is 402 g/mol. The normalized spacial score (nSPS) is 10.4. The predicted molar refractivity (Wildman–Crippen MR) is 108 cm³/mol. The molecule has 0 unspecified atom stereocenters. The maximum atomic E-state index is 12.4. The lowest BCUT2D eigenvalue weighted by molar-refractivity contribution is -0.120. The smallest absolute Gasteiger partial charge is 0.340 e. The molecule has 1 heterocycles. The summed E-state index contributed by atoms with van der Waals surface area (Å²) >= 11 is 0. The molecule has 156 valence electrons. The van der Waals surface area contributed by atoms with Gasteiger partial charge in [0, 0.05) is 5.69 Å². The van der Waals surface area contributed by atoms with Gasteiger partial charge in [0.25, 0.3) is 11.8 Å². The summed E-state index contributed by atoms with van der Waals surface area (Å²) in [6, 6.07) is 7.16. The summed E-state index contributed by atoms with van der Waals surface area (Å²) < 4.78 is 10.4. The van der Waals surface area contributed by atoms with E-state index in [0.29, 0.717) is 28.3 Å². The largest absolute Gasteiger partial charge is 0.495 e. The number of hydrazine groups is 1. The molecule has 0 aliphatic carbocycles. The molecule has 0 fully saturated rings. The van der Waals surface area contributed by atoms with E-state index >= 15 is 0 Å². The first kappa shape index (κ1) is 21.8. The van der Waals surface area contributed by atoms with Crippen LogP contribution in [0, 0.1) is 13.8 Å². The van der Waals surface area contributed by atoms with Crippen LogP contribution >= 0.6 is 0 Å². The number of ether oxygens (including phenoxy) is 2. The average Bonchev–Trinajstić information content (AvgIpc) is 2.98. The van der Waals surface area contributed by atoms with Crippen LogP contribution in [0.25, 0.3) is 0 Å². The molecule has 0 aliphatic rings. The maximum Gasteiger partial charge on any atom is 0.340 e. The van der Waals surface area contributed by atoms with Crippen molar-refractivity contribution >= 4 is 23.5 Å². The molecule has 0 spiro atoms. The zero-order chi connectivity index (χ0) is 21.6. The van der Waals surface area contributed by atoms with E-state index in [4.69, 9.17) is 9.47 Å². The number of anilines is 1. The number of carbonyl (C=O) groups excluding carboxylic acids is 3. The Labute approximate surface area is 169 Å². The number of benzene rings is 1. The van der Waals surface area contributed by atoms with Crippen LogP contribution in [0.5, 0.6) is 5.75 Å². The Morgan fingerprint density at radius 2 is 1.79 bits per heavy atom. The van der Waals surface area contributed by atoms with Crippen molar-refractivity contribution in [3.05, 3.63) is 46.8 Å². The number of nitrogens with one attached hydrogen (secondary N) is 4. The zero-order valence-corrected chi connectivity index (χ0v) is 17.1. The fourth-order valence-corrected chi connectivity index (χ4v) is 2.76. The first-order valence-electron chi connectivity index (χ1n) is 9.10. The molecular formula is C20H26N4O5. The quantitative estimate of drug-likeness (QED) is 0.416. The number of aromatic amines is 1. The molecule has 2 rings (SSSR count). The number of methoxy groups -OCH3 is 1. The molecule has 0 atom stereocenters. The Morgan fingerprint density at radius 1 is 1.10 bits per heavy atom. The molecular weight excluding hydrogens is 376 g/mol. The van der Waals surface area contributed by atoms with E-state index < -0.39 is 17.8 Å². The lowest BCUT2D eigenvalue weighted by atomic mass is 10.1. The highest BCUT2D eigenvalue weighted by atomic mass is 16.5. The summed E-state index contributed by atoms with van der Waals surface area (Å²) in [5.74, 6) is -0.928. The summed E-state index contributed by atoms with van der Waals surface area (Å²) in [4.78, 5) is 39.5. The van der Waals surface area contributed by atoms with Crippen molar-refractivity contribution in [2.24, 2.45) is 0 Å². The molecule has 0 aliphatic heterocycles. The summed E-state index contributed by atoms with van der Waals surface area (Å²) in [5, 5.41) is 2.93. The van der Waals surface area contributed by atoms with Crippen molar-refractivity contribution in [3.63, 3.8) is 0 Å². The predicted octanol–water partition coefficient (Wildman–Crippen LogP) is 2.08. The number of aryl methyl sites for hydroxylation is 1. The Kier molecular flexibility index (Phi) is 7.24. The van der Waals surface area contributed by atoms with Crippen LogP contribution in [0.4, 0.5) is 5.69 Å². The third kappa shape index (κ3) is 5.50. The highest BCUT2D eigenvalue weighted by molar-refractivity contribution is 6.01. The van der Waals surface area contributed by atoms with Gasteiger partial charge in [0.15, 0.2) is 0 Å². The number of para-hydroxylation sites is 2. The Bertz CT molecular complexity index is 904. The van der Waals surface area contributed by atoms with E-state index in [1.807, 2.05) is 12.1 Å². The number of carbonyl (C=O) groups is 3. The molecule has 1 aromatic heterocycles. The molecule has 0 saturated heterocycles. The highest BCUT2D eigenvalue weighted by Gasteiger charge is 2.23. The van der Waals surface area contributed by atoms with Crippen molar-refractivity contribution in [1.82, 2.24) is 15.8 Å². The highest BCUT2D eigenvalue weighted by Crippen LogP contribution is 2.22. The van der Waals surface area contributed by atoms with E-state index in [-0.39, 0.29) is 18.3 Å².